The molecule has 1 amide bonds. The molecular weight excluding hydrogens is 418 g/mol. The van der Waals surface area contributed by atoms with E-state index in [0.717, 1.165) is 27.9 Å². The molecule has 1 aliphatic rings. The molecule has 0 saturated heterocycles. The fraction of sp³-hybridized carbons (Fsp3) is 0.167. The van der Waals surface area contributed by atoms with Crippen LogP contribution in [0.2, 0.25) is 0 Å². The van der Waals surface area contributed by atoms with Crippen LogP contribution in [0, 0.1) is 0 Å². The van der Waals surface area contributed by atoms with E-state index in [4.69, 9.17) is 9.40 Å². The van der Waals surface area contributed by atoms with Crippen molar-refractivity contribution in [2.24, 2.45) is 0 Å². The van der Waals surface area contributed by atoms with Crippen LogP contribution >= 0.6 is 0 Å². The van der Waals surface area contributed by atoms with Crippen LogP contribution in [0.4, 0.5) is 0 Å². The van der Waals surface area contributed by atoms with E-state index in [-0.39, 0.29) is 23.6 Å². The van der Waals surface area contributed by atoms with E-state index in [1.165, 1.54) is 0 Å². The molecule has 1 N–H and O–H groups in total. The quantitative estimate of drug-likeness (QED) is 0.457. The summed E-state index contributed by atoms with van der Waals surface area (Å²) >= 11 is 0. The first-order valence-corrected chi connectivity index (χ1v) is 10.6. The van der Waals surface area contributed by atoms with Gasteiger partial charge in [0, 0.05) is 30.2 Å². The Bertz CT molecular complexity index is 1460. The van der Waals surface area contributed by atoms with Gasteiger partial charge in [-0.15, -0.1) is 10.2 Å². The Kier molecular flexibility index (Phi) is 4.46. The number of nitrogens with one attached hydrogen (secondary N) is 1. The second kappa shape index (κ2) is 7.63. The number of hydrogen-bond acceptors (Lipinski definition) is 7. The number of pyridine rings is 2. The first-order valence-electron chi connectivity index (χ1n) is 10.6. The Balaban J connectivity index is 1.43. The van der Waals surface area contributed by atoms with Gasteiger partial charge in [0.2, 0.25) is 0 Å². The summed E-state index contributed by atoms with van der Waals surface area (Å²) < 4.78 is 5.72. The molecule has 0 fully saturated rings. The Labute approximate surface area is 188 Å². The Morgan fingerprint density at radius 2 is 1.91 bits per heavy atom. The highest BCUT2D eigenvalue weighted by Gasteiger charge is 2.40. The van der Waals surface area contributed by atoms with Gasteiger partial charge in [-0.3, -0.25) is 14.8 Å². The summed E-state index contributed by atoms with van der Waals surface area (Å²) in [6, 6.07) is 14.9. The third kappa shape index (κ3) is 3.25. The van der Waals surface area contributed by atoms with Crippen LogP contribution in [0.15, 0.2) is 71.7 Å². The highest BCUT2D eigenvalue weighted by Crippen LogP contribution is 2.38. The number of amides is 1. The standard InChI is InChI=1S/C24H19N7O2/c1-14-12-31(24(32)23-30-29-22(33-23)17-8-4-5-9-25-17)21(20-19(14)27-13-28-20)18-10-15-6-2-3-7-16(15)11-26-18/h2-11,13-14,21H,12H2,1H3,(H,27,28)/t14-,21-/m1/s1. The number of carbonyl (C=O) groups excluding carboxylic acids is 1. The number of fused-ring (bicyclic) bond motifs is 2. The van der Waals surface area contributed by atoms with Gasteiger partial charge in [-0.1, -0.05) is 37.3 Å². The first kappa shape index (κ1) is 19.3. The normalized spacial score (nSPS) is 17.8. The van der Waals surface area contributed by atoms with Gasteiger partial charge in [-0.2, -0.15) is 0 Å². The lowest BCUT2D eigenvalue weighted by Gasteiger charge is -2.36. The van der Waals surface area contributed by atoms with Crippen molar-refractivity contribution in [2.45, 2.75) is 18.9 Å². The molecule has 1 aliphatic heterocycles. The minimum Gasteiger partial charge on any atom is -0.411 e. The zero-order chi connectivity index (χ0) is 22.4. The van der Waals surface area contributed by atoms with Crippen molar-refractivity contribution >= 4 is 16.7 Å². The molecule has 0 unspecified atom stereocenters. The predicted molar refractivity (Wildman–Crippen MR) is 119 cm³/mol. The van der Waals surface area contributed by atoms with Gasteiger partial charge < -0.3 is 14.3 Å². The zero-order valence-electron chi connectivity index (χ0n) is 17.7. The van der Waals surface area contributed by atoms with Crippen LogP contribution in [0.25, 0.3) is 22.4 Å². The number of benzene rings is 1. The number of imidazole rings is 1. The molecule has 1 aromatic carbocycles. The Morgan fingerprint density at radius 3 is 2.76 bits per heavy atom. The SMILES string of the molecule is C[C@@H]1CN(C(=O)c2nnc(-c3ccccn3)o2)[C@H](c2cc3ccccc3cn2)c2[nH]cnc21. The van der Waals surface area contributed by atoms with E-state index >= 15 is 0 Å². The van der Waals surface area contributed by atoms with Gasteiger partial charge in [-0.25, -0.2) is 4.98 Å². The second-order valence-corrected chi connectivity index (χ2v) is 8.05. The topological polar surface area (TPSA) is 114 Å². The molecule has 0 aliphatic carbocycles. The molecule has 9 nitrogen and oxygen atoms in total. The summed E-state index contributed by atoms with van der Waals surface area (Å²) in [6.45, 7) is 2.48. The van der Waals surface area contributed by atoms with Crippen molar-refractivity contribution in [3.63, 3.8) is 0 Å². The molecule has 0 bridgehead atoms. The number of aromatic amines is 1. The molecule has 4 aromatic heterocycles. The lowest BCUT2D eigenvalue weighted by molar-refractivity contribution is 0.0629. The van der Waals surface area contributed by atoms with Gasteiger partial charge in [-0.05, 0) is 23.6 Å². The van der Waals surface area contributed by atoms with Crippen molar-refractivity contribution in [3.05, 3.63) is 90.2 Å². The number of carbonyl (C=O) groups is 1. The van der Waals surface area contributed by atoms with E-state index in [1.807, 2.05) is 49.5 Å². The minimum absolute atomic E-state index is 0.0325. The molecule has 2 atom stereocenters. The zero-order valence-corrected chi connectivity index (χ0v) is 17.7. The van der Waals surface area contributed by atoms with Crippen molar-refractivity contribution < 1.29 is 9.21 Å². The van der Waals surface area contributed by atoms with Crippen LogP contribution < -0.4 is 0 Å². The monoisotopic (exact) mass is 437 g/mol. The molecule has 9 heteroatoms. The molecule has 0 spiro atoms. The fourth-order valence-electron chi connectivity index (χ4n) is 4.35. The van der Waals surface area contributed by atoms with Crippen LogP contribution in [0.5, 0.6) is 0 Å². The van der Waals surface area contributed by atoms with Gasteiger partial charge in [0.15, 0.2) is 0 Å². The summed E-state index contributed by atoms with van der Waals surface area (Å²) in [7, 11) is 0. The summed E-state index contributed by atoms with van der Waals surface area (Å²) in [6.07, 6.45) is 5.12. The van der Waals surface area contributed by atoms with Crippen molar-refractivity contribution in [1.29, 1.82) is 0 Å². The minimum atomic E-state index is -0.457. The molecule has 5 aromatic rings. The van der Waals surface area contributed by atoms with Crippen LogP contribution in [-0.2, 0) is 0 Å². The molecule has 162 valence electrons. The predicted octanol–water partition coefficient (Wildman–Crippen LogP) is 3.75. The first-order chi connectivity index (χ1) is 16.2. The average Bonchev–Trinajstić information content (AvgIpc) is 3.55. The fourth-order valence-corrected chi connectivity index (χ4v) is 4.35. The van der Waals surface area contributed by atoms with Crippen LogP contribution in [0.3, 0.4) is 0 Å². The molecule has 0 radical (unpaired) electrons. The van der Waals surface area contributed by atoms with Gasteiger partial charge in [0.25, 0.3) is 5.89 Å². The lowest BCUT2D eigenvalue weighted by Crippen LogP contribution is -2.42. The van der Waals surface area contributed by atoms with E-state index < -0.39 is 6.04 Å². The molecule has 5 heterocycles. The summed E-state index contributed by atoms with van der Waals surface area (Å²) in [5, 5.41) is 10.1. The maximum absolute atomic E-state index is 13.6. The smallest absolute Gasteiger partial charge is 0.312 e. The highest BCUT2D eigenvalue weighted by molar-refractivity contribution is 5.91. The number of nitrogens with zero attached hydrogens (tertiary/aromatic N) is 6. The third-order valence-corrected chi connectivity index (χ3v) is 5.91. The summed E-state index contributed by atoms with van der Waals surface area (Å²) in [5.41, 5.74) is 3.02. The van der Waals surface area contributed by atoms with E-state index in [1.54, 1.807) is 29.6 Å². The van der Waals surface area contributed by atoms with Crippen molar-refractivity contribution in [2.75, 3.05) is 6.54 Å². The maximum Gasteiger partial charge on any atom is 0.312 e. The number of aromatic nitrogens is 6. The Morgan fingerprint density at radius 1 is 1.06 bits per heavy atom. The van der Waals surface area contributed by atoms with Gasteiger partial charge in [0.1, 0.15) is 11.7 Å². The number of hydrogen-bond donors (Lipinski definition) is 1. The van der Waals surface area contributed by atoms with E-state index in [0.29, 0.717) is 12.2 Å². The third-order valence-electron chi connectivity index (χ3n) is 5.91. The Hall–Kier alpha value is -4.40. The number of rotatable bonds is 3. The summed E-state index contributed by atoms with van der Waals surface area (Å²) in [4.78, 5) is 32.0. The van der Waals surface area contributed by atoms with Crippen molar-refractivity contribution in [1.82, 2.24) is 35.0 Å². The highest BCUT2D eigenvalue weighted by atomic mass is 16.4. The van der Waals surface area contributed by atoms with E-state index in [2.05, 4.69) is 25.1 Å². The molecule has 33 heavy (non-hydrogen) atoms. The van der Waals surface area contributed by atoms with Gasteiger partial charge in [0.05, 0.1) is 23.4 Å². The molecular formula is C24H19N7O2. The van der Waals surface area contributed by atoms with Crippen LogP contribution in [-0.4, -0.2) is 47.5 Å². The molecule has 0 saturated carbocycles. The lowest BCUT2D eigenvalue weighted by atomic mass is 9.92. The number of H-pyrrole nitrogens is 1. The van der Waals surface area contributed by atoms with Crippen LogP contribution in [0.1, 0.15) is 46.7 Å². The second-order valence-electron chi connectivity index (χ2n) is 8.05. The van der Waals surface area contributed by atoms with E-state index in [9.17, 15) is 4.79 Å². The van der Waals surface area contributed by atoms with Gasteiger partial charge >= 0.3 is 11.8 Å². The summed E-state index contributed by atoms with van der Waals surface area (Å²) in [5.74, 6) is -0.218. The van der Waals surface area contributed by atoms with Crippen molar-refractivity contribution in [3.8, 4) is 11.6 Å². The molecule has 6 rings (SSSR count). The maximum atomic E-state index is 13.6. The average molecular weight is 437 g/mol. The largest absolute Gasteiger partial charge is 0.411 e.